The number of rotatable bonds is 14. The summed E-state index contributed by atoms with van der Waals surface area (Å²) >= 11 is 8.34. The average molecular weight is 1390 g/mol. The predicted molar refractivity (Wildman–Crippen MR) is 375 cm³/mol. The van der Waals surface area contributed by atoms with Gasteiger partial charge in [0.2, 0.25) is 0 Å². The van der Waals surface area contributed by atoms with Crippen molar-refractivity contribution in [2.24, 2.45) is 0 Å². The van der Waals surface area contributed by atoms with Crippen LogP contribution in [0.5, 0.6) is 0 Å². The van der Waals surface area contributed by atoms with Gasteiger partial charge in [-0.1, -0.05) is 91.0 Å². The van der Waals surface area contributed by atoms with E-state index in [0.29, 0.717) is 0 Å². The van der Waals surface area contributed by atoms with Crippen LogP contribution in [0.2, 0.25) is 0 Å². The fourth-order valence-corrected chi connectivity index (χ4v) is 29.0. The Morgan fingerprint density at radius 1 is 0.411 bits per heavy atom. The number of hydrogen-bond acceptors (Lipinski definition) is 2. The molecular weight excluding hydrogens is 1330 g/mol. The molecule has 0 aromatic heterocycles. The Kier molecular flexibility index (Phi) is 20.6. The monoisotopic (exact) mass is 1380 g/mol. The standard InChI is InChI=1S/C29H23BrF3N2OP.C27H21BrF3N2P.C18H15P/c1-21(36)35-26-18-19-27(34-2)28(29(31,32)33)25(26)20-37(30,22-12-6-3-7-13-22,23-14-8-4-9-15-23)24-16-10-5-11-17-24;1-33-25-18-17-24(32)23(26(25)27(29,30)31)19-34(28,20-11-5-2-6-12-20,21-13-7-3-8-14-21)22-15-9-4-10-16-22;1-4-10-16(11-5-1)19(17-12-6-2-7-13-17)18-14-8-3-9-15-18/h3-19H,20H2,1H3,(H,35,36);2-18H,19,32H2;1-15H. The molecule has 0 atom stereocenters. The average Bonchev–Trinajstić information content (AvgIpc) is 0.710. The zero-order chi connectivity index (χ0) is 64.0. The van der Waals surface area contributed by atoms with E-state index in [9.17, 15) is 31.1 Å². The van der Waals surface area contributed by atoms with E-state index in [2.05, 4.69) is 137 Å². The predicted octanol–water partition coefficient (Wildman–Crippen LogP) is 18.2. The first-order chi connectivity index (χ1) is 43.2. The maximum Gasteiger partial charge on any atom is -0.0134 e. The topological polar surface area (TPSA) is 63.8 Å². The summed E-state index contributed by atoms with van der Waals surface area (Å²) in [6, 6.07) is 94.1. The maximum atomic E-state index is 14.7. The fraction of sp³-hybridized carbons (Fsp3) is 0.0676. The van der Waals surface area contributed by atoms with Crippen molar-refractivity contribution in [1.82, 2.24) is 0 Å². The second kappa shape index (κ2) is 28.1. The molecule has 90 heavy (non-hydrogen) atoms. The maximum absolute atomic E-state index is 14.7. The van der Waals surface area contributed by atoms with Crippen LogP contribution >= 0.6 is 49.5 Å². The molecular formula is C74H59Br2F6N4OP3. The van der Waals surface area contributed by atoms with Crippen LogP contribution in [-0.2, 0) is 29.5 Å². The van der Waals surface area contributed by atoms with Gasteiger partial charge in [0.25, 0.3) is 0 Å². The molecule has 0 spiro atoms. The zero-order valence-electron chi connectivity index (χ0n) is 48.4. The van der Waals surface area contributed by atoms with E-state index in [0.717, 1.165) is 44.0 Å². The number of anilines is 2. The molecule has 0 saturated carbocycles. The molecule has 11 aromatic carbocycles. The van der Waals surface area contributed by atoms with Crippen LogP contribution in [0.3, 0.4) is 0 Å². The minimum Gasteiger partial charge on any atom is -0.0622 e. The van der Waals surface area contributed by atoms with Crippen LogP contribution < -0.4 is 58.8 Å². The SMILES string of the molecule is [C-]#[N+]c1ccc(N)c(CP(Br)(c2ccccc2)(c2ccccc2)c2ccccc2)c1C(F)(F)F.[C-]#[N+]c1ccc(NC(C)=O)c(CP(Br)(c2ccccc2)(c2ccccc2)c2ccccc2)c1C(F)(F)F.c1ccc(P(c2ccccc2)c2ccccc2)cc1. The summed E-state index contributed by atoms with van der Waals surface area (Å²) < 4.78 is 87.1. The molecule has 3 N–H and O–H groups in total. The number of carbonyl (C=O) groups excluding carboxylic acids is 1. The van der Waals surface area contributed by atoms with Crippen molar-refractivity contribution < 1.29 is 31.1 Å². The number of hydrogen-bond donors (Lipinski definition) is 2. The Morgan fingerprint density at radius 3 is 0.911 bits per heavy atom. The number of benzene rings is 11. The number of carbonyl (C=O) groups is 1. The molecule has 0 saturated heterocycles. The van der Waals surface area contributed by atoms with Gasteiger partial charge in [-0.3, -0.25) is 0 Å². The molecule has 0 radical (unpaired) electrons. The largest absolute Gasteiger partial charge is 0.0622 e. The molecule has 0 bridgehead atoms. The molecule has 452 valence electrons. The van der Waals surface area contributed by atoms with Crippen LogP contribution in [0.4, 0.5) is 49.1 Å². The van der Waals surface area contributed by atoms with Crippen molar-refractivity contribution in [1.29, 1.82) is 0 Å². The Morgan fingerprint density at radius 2 is 0.656 bits per heavy atom. The first-order valence-corrected chi connectivity index (χ1v) is 38.5. The number of nitrogens with two attached hydrogens (primary N) is 1. The van der Waals surface area contributed by atoms with Gasteiger partial charge in [-0.05, 0) is 23.8 Å². The van der Waals surface area contributed by atoms with Crippen LogP contribution in [0.15, 0.2) is 297 Å². The first-order valence-electron chi connectivity index (χ1n) is 28.2. The van der Waals surface area contributed by atoms with Gasteiger partial charge < -0.3 is 0 Å². The second-order valence-electron chi connectivity index (χ2n) is 21.0. The molecule has 0 fully saturated rings. The van der Waals surface area contributed by atoms with E-state index in [1.807, 2.05) is 182 Å². The zero-order valence-corrected chi connectivity index (χ0v) is 54.3. The minimum atomic E-state index is -4.82. The molecule has 1 amide bonds. The third-order valence-electron chi connectivity index (χ3n) is 15.5. The summed E-state index contributed by atoms with van der Waals surface area (Å²) in [5, 5.41) is 4.25. The van der Waals surface area contributed by atoms with E-state index in [-0.39, 0.29) is 34.8 Å². The number of nitrogens with zero attached hydrogens (tertiary/aromatic N) is 2. The Balaban J connectivity index is 0.000000168. The van der Waals surface area contributed by atoms with Gasteiger partial charge in [0.15, 0.2) is 0 Å². The molecule has 11 rings (SSSR count). The van der Waals surface area contributed by atoms with Gasteiger partial charge >= 0.3 is 427 Å². The van der Waals surface area contributed by atoms with Gasteiger partial charge in [-0.15, -0.1) is 0 Å². The number of halogens is 8. The van der Waals surface area contributed by atoms with Crippen molar-refractivity contribution in [2.45, 2.75) is 31.6 Å². The van der Waals surface area contributed by atoms with E-state index >= 15 is 0 Å². The molecule has 16 heteroatoms. The van der Waals surface area contributed by atoms with Crippen molar-refractivity contribution in [3.8, 4) is 0 Å². The summed E-state index contributed by atoms with van der Waals surface area (Å²) in [6.07, 6.45) is -9.74. The van der Waals surface area contributed by atoms with E-state index in [1.54, 1.807) is 0 Å². The number of amides is 1. The molecule has 0 aliphatic heterocycles. The van der Waals surface area contributed by atoms with Crippen molar-refractivity contribution in [2.75, 3.05) is 11.1 Å². The second-order valence-corrected chi connectivity index (χ2v) is 41.0. The summed E-state index contributed by atoms with van der Waals surface area (Å²) in [4.78, 5) is 18.5. The van der Waals surface area contributed by atoms with Gasteiger partial charge in [-0.25, -0.2) is 0 Å². The van der Waals surface area contributed by atoms with Crippen molar-refractivity contribution >= 4 is 126 Å². The van der Waals surface area contributed by atoms with Crippen LogP contribution in [0.1, 0.15) is 29.2 Å². The third kappa shape index (κ3) is 13.6. The quantitative estimate of drug-likeness (QED) is 0.0493. The van der Waals surface area contributed by atoms with Gasteiger partial charge in [-0.2, -0.15) is 0 Å². The van der Waals surface area contributed by atoms with E-state index < -0.39 is 59.3 Å². The number of alkyl halides is 6. The van der Waals surface area contributed by atoms with Crippen LogP contribution in [-0.4, -0.2) is 5.91 Å². The summed E-state index contributed by atoms with van der Waals surface area (Å²) in [6.45, 7) is 16.1. The Labute approximate surface area is 538 Å². The van der Waals surface area contributed by atoms with Crippen molar-refractivity contribution in [3.05, 3.63) is 342 Å². The fourth-order valence-electron chi connectivity index (χ4n) is 11.4. The normalized spacial score (nSPS) is 12.4. The summed E-state index contributed by atoms with van der Waals surface area (Å²) in [7, 11) is -0.446. The minimum absolute atomic E-state index is 0.0102. The molecule has 5 nitrogen and oxygen atoms in total. The molecule has 0 heterocycles. The molecule has 0 aliphatic carbocycles. The van der Waals surface area contributed by atoms with E-state index in [1.165, 1.54) is 35.0 Å². The van der Waals surface area contributed by atoms with Gasteiger partial charge in [0, 0.05) is 0 Å². The molecule has 0 unspecified atom stereocenters. The summed E-state index contributed by atoms with van der Waals surface area (Å²) in [5.41, 5.74) is 3.09. The van der Waals surface area contributed by atoms with E-state index in [4.69, 9.17) is 18.9 Å². The Hall–Kier alpha value is -8.50. The number of nitrogen functional groups attached to an aromatic ring is 1. The number of nitrogens with one attached hydrogen (secondary N) is 1. The first kappa shape index (κ1) is 65.9. The van der Waals surface area contributed by atoms with Gasteiger partial charge in [0.05, 0.1) is 0 Å². The molecule has 0 aliphatic rings. The van der Waals surface area contributed by atoms with Crippen LogP contribution in [0, 0.1) is 13.1 Å². The van der Waals surface area contributed by atoms with Crippen molar-refractivity contribution in [3.63, 3.8) is 0 Å². The third-order valence-corrected chi connectivity index (χ3v) is 36.8. The van der Waals surface area contributed by atoms with Crippen LogP contribution in [0.25, 0.3) is 9.69 Å². The Bertz CT molecular complexity index is 4010. The smallest absolute Gasteiger partial charge is 0.0134 e. The van der Waals surface area contributed by atoms with Gasteiger partial charge in [0.1, 0.15) is 0 Å². The molecule has 11 aromatic rings. The summed E-state index contributed by atoms with van der Waals surface area (Å²) in [5.74, 6) is -0.501.